The van der Waals surface area contributed by atoms with Crippen LogP contribution in [0.2, 0.25) is 0 Å². The van der Waals surface area contributed by atoms with Gasteiger partial charge in [-0.15, -0.1) is 0 Å². The van der Waals surface area contributed by atoms with E-state index in [0.717, 1.165) is 5.56 Å². The molecule has 0 aliphatic heterocycles. The molecule has 42 heavy (non-hydrogen) atoms. The first-order valence-corrected chi connectivity index (χ1v) is 12.4. The second kappa shape index (κ2) is 11.2. The van der Waals surface area contributed by atoms with Crippen LogP contribution in [0.25, 0.3) is 11.0 Å². The Morgan fingerprint density at radius 2 is 1.74 bits per heavy atom. The summed E-state index contributed by atoms with van der Waals surface area (Å²) in [6.07, 6.45) is -3.55. The number of urea groups is 1. The van der Waals surface area contributed by atoms with Crippen LogP contribution in [-0.4, -0.2) is 26.5 Å². The lowest BCUT2D eigenvalue weighted by atomic mass is 10.1. The van der Waals surface area contributed by atoms with E-state index in [1.807, 2.05) is 34.9 Å². The maximum Gasteiger partial charge on any atom is 0.416 e. The number of anilines is 3. The maximum absolute atomic E-state index is 14.5. The van der Waals surface area contributed by atoms with Crippen LogP contribution < -0.4 is 20.7 Å². The van der Waals surface area contributed by atoms with Crippen LogP contribution in [0.4, 0.5) is 39.8 Å². The van der Waals surface area contributed by atoms with Gasteiger partial charge in [-0.1, -0.05) is 30.3 Å². The molecule has 0 unspecified atom stereocenters. The van der Waals surface area contributed by atoms with E-state index in [0.29, 0.717) is 52.4 Å². The van der Waals surface area contributed by atoms with Gasteiger partial charge >= 0.3 is 12.2 Å². The average Bonchev–Trinajstić information content (AvgIpc) is 3.26. The third-order valence-corrected chi connectivity index (χ3v) is 6.11. The Morgan fingerprint density at radius 1 is 1.00 bits per heavy atom. The number of hydrogen-bond donors (Lipinski definition) is 2. The topological polar surface area (TPSA) is 115 Å². The van der Waals surface area contributed by atoms with E-state index in [1.165, 1.54) is 25.3 Å². The molecule has 2 aromatic heterocycles. The summed E-state index contributed by atoms with van der Waals surface area (Å²) >= 11 is 0. The van der Waals surface area contributed by atoms with E-state index >= 15 is 0 Å². The highest BCUT2D eigenvalue weighted by molar-refractivity contribution is 5.97. The molecule has 0 saturated carbocycles. The molecule has 0 fully saturated rings. The van der Waals surface area contributed by atoms with Crippen molar-refractivity contribution in [1.29, 1.82) is 0 Å². The molecule has 3 N–H and O–H groups in total. The van der Waals surface area contributed by atoms with Crippen molar-refractivity contribution in [2.24, 2.45) is 5.73 Å². The van der Waals surface area contributed by atoms with Crippen molar-refractivity contribution < 1.29 is 31.9 Å². The van der Waals surface area contributed by atoms with Gasteiger partial charge in [-0.3, -0.25) is 10.1 Å². The number of nitrogens with two attached hydrogens (primary N) is 1. The van der Waals surface area contributed by atoms with Gasteiger partial charge in [0.25, 0.3) is 0 Å². The first-order chi connectivity index (χ1) is 20.0. The predicted molar refractivity (Wildman–Crippen MR) is 147 cm³/mol. The van der Waals surface area contributed by atoms with Crippen LogP contribution in [0, 0.1) is 5.82 Å². The van der Waals surface area contributed by atoms with Crippen molar-refractivity contribution in [2.75, 3.05) is 10.2 Å². The monoisotopic (exact) mass is 578 g/mol. The fourth-order valence-electron chi connectivity index (χ4n) is 4.26. The van der Waals surface area contributed by atoms with Gasteiger partial charge in [0.1, 0.15) is 23.1 Å². The summed E-state index contributed by atoms with van der Waals surface area (Å²) in [7, 11) is 0. The minimum atomic E-state index is -4.77. The van der Waals surface area contributed by atoms with Crippen molar-refractivity contribution in [3.05, 3.63) is 102 Å². The number of rotatable bonds is 7. The van der Waals surface area contributed by atoms with Gasteiger partial charge in [0, 0.05) is 13.0 Å². The minimum absolute atomic E-state index is 0.211. The van der Waals surface area contributed by atoms with Crippen molar-refractivity contribution in [1.82, 2.24) is 14.5 Å². The summed E-state index contributed by atoms with van der Waals surface area (Å²) in [5.74, 6) is -0.637. The largest absolute Gasteiger partial charge is 0.456 e. The fourth-order valence-corrected chi connectivity index (χ4v) is 4.26. The van der Waals surface area contributed by atoms with Crippen LogP contribution in [0.1, 0.15) is 18.1 Å². The lowest BCUT2D eigenvalue weighted by molar-refractivity contribution is -0.137. The van der Waals surface area contributed by atoms with Crippen molar-refractivity contribution in [3.8, 4) is 11.5 Å². The second-order valence-corrected chi connectivity index (χ2v) is 9.13. The molecule has 13 heteroatoms. The Morgan fingerprint density at radius 3 is 2.38 bits per heavy atom. The molecule has 214 valence electrons. The highest BCUT2D eigenvalue weighted by Crippen LogP contribution is 2.36. The van der Waals surface area contributed by atoms with Gasteiger partial charge in [0.15, 0.2) is 0 Å². The SMILES string of the molecule is CC(=O)Nc1nc2ccc(Oc3ccc(N(C(N)=O)c4cc(C(F)(F)F)ccc4F)nc3)cc2n1Cc1ccccc1. The molecule has 0 radical (unpaired) electrons. The fraction of sp³-hybridized carbons (Fsp3) is 0.103. The molecule has 9 nitrogen and oxygen atoms in total. The smallest absolute Gasteiger partial charge is 0.416 e. The van der Waals surface area contributed by atoms with E-state index in [4.69, 9.17) is 10.5 Å². The van der Waals surface area contributed by atoms with E-state index in [2.05, 4.69) is 15.3 Å². The zero-order chi connectivity index (χ0) is 30.0. The molecule has 0 atom stereocenters. The van der Waals surface area contributed by atoms with Crippen molar-refractivity contribution in [3.63, 3.8) is 0 Å². The van der Waals surface area contributed by atoms with E-state index in [9.17, 15) is 27.2 Å². The summed E-state index contributed by atoms with van der Waals surface area (Å²) in [5.41, 5.74) is 5.77. The molecule has 0 spiro atoms. The number of benzene rings is 3. The van der Waals surface area contributed by atoms with Gasteiger partial charge < -0.3 is 15.0 Å². The van der Waals surface area contributed by atoms with Gasteiger partial charge in [-0.05, 0) is 48.0 Å². The Labute approximate surface area is 236 Å². The molecule has 0 bridgehead atoms. The van der Waals surface area contributed by atoms with Crippen molar-refractivity contribution in [2.45, 2.75) is 19.6 Å². The quantitative estimate of drug-likeness (QED) is 0.211. The van der Waals surface area contributed by atoms with Gasteiger partial charge in [0.05, 0.1) is 35.0 Å². The van der Waals surface area contributed by atoms with Crippen LogP contribution in [0.5, 0.6) is 11.5 Å². The number of ether oxygens (including phenoxy) is 1. The summed E-state index contributed by atoms with van der Waals surface area (Å²) in [5, 5.41) is 2.74. The molecule has 2 heterocycles. The van der Waals surface area contributed by atoms with Crippen LogP contribution in [0.15, 0.2) is 85.1 Å². The molecule has 0 aliphatic carbocycles. The molecular weight excluding hydrogens is 556 g/mol. The molecule has 3 aromatic carbocycles. The zero-order valence-electron chi connectivity index (χ0n) is 21.9. The number of halogens is 4. The van der Waals surface area contributed by atoms with Crippen LogP contribution in [0.3, 0.4) is 0 Å². The number of imidazole rings is 1. The summed E-state index contributed by atoms with van der Waals surface area (Å²) in [6.45, 7) is 1.81. The molecular formula is C29H22F4N6O3. The lowest BCUT2D eigenvalue weighted by Crippen LogP contribution is -2.33. The summed E-state index contributed by atoms with van der Waals surface area (Å²) in [6, 6.07) is 17.7. The Bertz CT molecular complexity index is 1770. The first-order valence-electron chi connectivity index (χ1n) is 12.4. The second-order valence-electron chi connectivity index (χ2n) is 9.13. The molecule has 0 aliphatic rings. The Hall–Kier alpha value is -5.46. The van der Waals surface area contributed by atoms with E-state index in [-0.39, 0.29) is 17.5 Å². The maximum atomic E-state index is 14.5. The number of amides is 3. The number of carbonyl (C=O) groups is 2. The van der Waals surface area contributed by atoms with Crippen LogP contribution in [-0.2, 0) is 17.5 Å². The highest BCUT2D eigenvalue weighted by Gasteiger charge is 2.33. The summed E-state index contributed by atoms with van der Waals surface area (Å²) < 4.78 is 61.8. The number of pyridine rings is 1. The number of primary amides is 1. The Kier molecular flexibility index (Phi) is 7.49. The standard InChI is InChI=1S/C29H22F4N6O3/c1-17(40)36-28-37-23-11-8-20(14-25(23)38(28)16-18-5-3-2-4-6-18)42-21-9-12-26(35-15-21)39(27(34)41)24-13-19(29(31,32)33)7-10-22(24)30/h2-15H,16H2,1H3,(H2,34,41)(H,36,37,40). The number of alkyl halides is 3. The number of carbonyl (C=O) groups excluding carboxylic acids is 2. The van der Waals surface area contributed by atoms with E-state index in [1.54, 1.807) is 18.2 Å². The third-order valence-electron chi connectivity index (χ3n) is 6.11. The number of fused-ring (bicyclic) bond motifs is 1. The highest BCUT2D eigenvalue weighted by atomic mass is 19.4. The summed E-state index contributed by atoms with van der Waals surface area (Å²) in [4.78, 5) is 33.0. The zero-order valence-corrected chi connectivity index (χ0v) is 21.9. The molecule has 5 aromatic rings. The van der Waals surface area contributed by atoms with Gasteiger partial charge in [-0.25, -0.2) is 24.1 Å². The molecule has 3 amide bonds. The van der Waals surface area contributed by atoms with Gasteiger partial charge in [-0.2, -0.15) is 13.2 Å². The third kappa shape index (κ3) is 5.99. The number of nitrogens with zero attached hydrogens (tertiary/aromatic N) is 4. The normalized spacial score (nSPS) is 11.4. The molecule has 5 rings (SSSR count). The van der Waals surface area contributed by atoms with E-state index < -0.39 is 29.3 Å². The van der Waals surface area contributed by atoms with Gasteiger partial charge in [0.2, 0.25) is 11.9 Å². The molecule has 0 saturated heterocycles. The van der Waals surface area contributed by atoms with Crippen molar-refractivity contribution >= 4 is 40.4 Å². The van der Waals surface area contributed by atoms with Crippen LogP contribution >= 0.6 is 0 Å². The lowest BCUT2D eigenvalue weighted by Gasteiger charge is -2.21. The number of hydrogen-bond acceptors (Lipinski definition) is 5. The number of aromatic nitrogens is 3. The predicted octanol–water partition coefficient (Wildman–Crippen LogP) is 6.61. The first kappa shape index (κ1) is 28.1. The Balaban J connectivity index is 1.44. The minimum Gasteiger partial charge on any atom is -0.456 e. The number of nitrogens with one attached hydrogen (secondary N) is 1. The average molecular weight is 579 g/mol.